The minimum Gasteiger partial charge on any atom is -0.467 e. The lowest BCUT2D eigenvalue weighted by atomic mass is 10.0. The van der Waals surface area contributed by atoms with Gasteiger partial charge in [-0.3, -0.25) is 9.59 Å². The van der Waals surface area contributed by atoms with Crippen LogP contribution in [0.3, 0.4) is 0 Å². The Balaban J connectivity index is 1.89. The molecule has 0 fully saturated rings. The maximum absolute atomic E-state index is 13.3. The van der Waals surface area contributed by atoms with E-state index in [1.165, 1.54) is 0 Å². The van der Waals surface area contributed by atoms with Crippen molar-refractivity contribution >= 4 is 23.4 Å². The van der Waals surface area contributed by atoms with E-state index in [0.29, 0.717) is 23.7 Å². The lowest BCUT2D eigenvalue weighted by molar-refractivity contribution is -0.143. The summed E-state index contributed by atoms with van der Waals surface area (Å²) in [6.07, 6.45) is 1.98. The summed E-state index contributed by atoms with van der Waals surface area (Å²) >= 11 is 6.02. The number of amides is 2. The molecule has 5 nitrogen and oxygen atoms in total. The van der Waals surface area contributed by atoms with Gasteiger partial charge in [-0.05, 0) is 35.4 Å². The van der Waals surface area contributed by atoms with Crippen molar-refractivity contribution in [2.45, 2.75) is 39.4 Å². The number of hydrogen-bond donors (Lipinski definition) is 1. The van der Waals surface area contributed by atoms with Crippen LogP contribution >= 0.6 is 11.6 Å². The van der Waals surface area contributed by atoms with E-state index < -0.39 is 6.04 Å². The molecule has 2 amide bonds. The van der Waals surface area contributed by atoms with E-state index in [2.05, 4.69) is 5.32 Å². The summed E-state index contributed by atoms with van der Waals surface area (Å²) < 4.78 is 5.33. The van der Waals surface area contributed by atoms with E-state index >= 15 is 0 Å². The monoisotopic (exact) mass is 438 g/mol. The fourth-order valence-corrected chi connectivity index (χ4v) is 3.47. The number of carbonyl (C=O) groups is 2. The molecule has 1 aromatic heterocycles. The number of nitrogens with one attached hydrogen (secondary N) is 1. The van der Waals surface area contributed by atoms with E-state index in [-0.39, 0.29) is 24.3 Å². The Labute approximate surface area is 188 Å². The molecule has 162 valence electrons. The summed E-state index contributed by atoms with van der Waals surface area (Å²) in [7, 11) is 0. The van der Waals surface area contributed by atoms with Gasteiger partial charge in [-0.25, -0.2) is 0 Å². The first kappa shape index (κ1) is 22.6. The summed E-state index contributed by atoms with van der Waals surface area (Å²) in [5, 5.41) is 3.55. The molecule has 1 heterocycles. The van der Waals surface area contributed by atoms with Crippen LogP contribution in [0.4, 0.5) is 0 Å². The van der Waals surface area contributed by atoms with Gasteiger partial charge in [0, 0.05) is 23.9 Å². The fourth-order valence-electron chi connectivity index (χ4n) is 3.35. The normalized spacial score (nSPS) is 11.9. The number of rotatable bonds is 9. The molecule has 3 rings (SSSR count). The highest BCUT2D eigenvalue weighted by molar-refractivity contribution is 6.30. The molecule has 3 aromatic rings. The number of halogens is 1. The Kier molecular flexibility index (Phi) is 7.90. The van der Waals surface area contributed by atoms with Crippen LogP contribution < -0.4 is 5.32 Å². The van der Waals surface area contributed by atoms with Gasteiger partial charge in [-0.15, -0.1) is 0 Å². The van der Waals surface area contributed by atoms with Crippen LogP contribution in [0.25, 0.3) is 0 Å². The predicted molar refractivity (Wildman–Crippen MR) is 121 cm³/mol. The van der Waals surface area contributed by atoms with Gasteiger partial charge in [-0.1, -0.05) is 67.9 Å². The van der Waals surface area contributed by atoms with Gasteiger partial charge in [0.05, 0.1) is 12.8 Å². The topological polar surface area (TPSA) is 62.6 Å². The molecule has 0 unspecified atom stereocenters. The molecule has 0 saturated carbocycles. The first-order valence-corrected chi connectivity index (χ1v) is 10.7. The molecule has 6 heteroatoms. The summed E-state index contributed by atoms with van der Waals surface area (Å²) in [4.78, 5) is 28.1. The van der Waals surface area contributed by atoms with E-state index in [1.54, 1.807) is 35.4 Å². The van der Waals surface area contributed by atoms with Gasteiger partial charge < -0.3 is 14.6 Å². The standard InChI is InChI=1S/C25H27ClN2O3/c1-18(2)25(30)28(17-20-10-12-21(26)13-11-20)23(15-19-7-4-3-5-8-19)24(29)27-16-22-9-6-14-31-22/h3-14,18,23H,15-17H2,1-2H3,(H,27,29)/t23-/m1/s1. The highest BCUT2D eigenvalue weighted by Crippen LogP contribution is 2.19. The Hall–Kier alpha value is -3.05. The van der Waals surface area contributed by atoms with Gasteiger partial charge in [0.25, 0.3) is 0 Å². The quantitative estimate of drug-likeness (QED) is 0.519. The number of hydrogen-bond acceptors (Lipinski definition) is 3. The fraction of sp³-hybridized carbons (Fsp3) is 0.280. The third kappa shape index (κ3) is 6.46. The molecule has 0 aliphatic carbocycles. The van der Waals surface area contributed by atoms with E-state index in [0.717, 1.165) is 11.1 Å². The van der Waals surface area contributed by atoms with Crippen LogP contribution in [-0.4, -0.2) is 22.8 Å². The Morgan fingerprint density at radius 1 is 0.968 bits per heavy atom. The number of furan rings is 1. The second-order valence-corrected chi connectivity index (χ2v) is 8.19. The second-order valence-electron chi connectivity index (χ2n) is 7.75. The minimum atomic E-state index is -0.664. The Morgan fingerprint density at radius 3 is 2.29 bits per heavy atom. The Bertz CT molecular complexity index is 970. The summed E-state index contributed by atoms with van der Waals surface area (Å²) in [5.74, 6) is 0.113. The zero-order valence-electron chi connectivity index (χ0n) is 17.8. The van der Waals surface area contributed by atoms with Crippen molar-refractivity contribution in [1.29, 1.82) is 0 Å². The zero-order chi connectivity index (χ0) is 22.2. The molecule has 0 bridgehead atoms. The SMILES string of the molecule is CC(C)C(=O)N(Cc1ccc(Cl)cc1)[C@H](Cc1ccccc1)C(=O)NCc1ccco1. The summed E-state index contributed by atoms with van der Waals surface area (Å²) in [6, 6.07) is 20.0. The predicted octanol–water partition coefficient (Wildman–Crippen LogP) is 4.85. The average molecular weight is 439 g/mol. The zero-order valence-corrected chi connectivity index (χ0v) is 18.5. The molecule has 31 heavy (non-hydrogen) atoms. The van der Waals surface area contributed by atoms with Crippen molar-refractivity contribution in [3.05, 3.63) is 94.9 Å². The first-order chi connectivity index (χ1) is 14.9. The van der Waals surface area contributed by atoms with Crippen molar-refractivity contribution in [2.75, 3.05) is 0 Å². The molecule has 0 aliphatic heterocycles. The second kappa shape index (κ2) is 10.8. The van der Waals surface area contributed by atoms with Crippen LogP contribution in [0.1, 0.15) is 30.7 Å². The van der Waals surface area contributed by atoms with E-state index in [1.807, 2.05) is 56.3 Å². The number of nitrogens with zero attached hydrogens (tertiary/aromatic N) is 1. The highest BCUT2D eigenvalue weighted by atomic mass is 35.5. The van der Waals surface area contributed by atoms with Gasteiger partial charge in [0.15, 0.2) is 0 Å². The maximum atomic E-state index is 13.3. The third-order valence-electron chi connectivity index (χ3n) is 5.01. The van der Waals surface area contributed by atoms with Crippen LogP contribution in [0.5, 0.6) is 0 Å². The van der Waals surface area contributed by atoms with E-state index in [4.69, 9.17) is 16.0 Å². The lowest BCUT2D eigenvalue weighted by Gasteiger charge is -2.32. The number of carbonyl (C=O) groups excluding carboxylic acids is 2. The van der Waals surface area contributed by atoms with Crippen molar-refractivity contribution in [3.8, 4) is 0 Å². The lowest BCUT2D eigenvalue weighted by Crippen LogP contribution is -2.51. The van der Waals surface area contributed by atoms with Gasteiger partial charge in [-0.2, -0.15) is 0 Å². The molecule has 1 N–H and O–H groups in total. The minimum absolute atomic E-state index is 0.0796. The van der Waals surface area contributed by atoms with Crippen molar-refractivity contribution < 1.29 is 14.0 Å². The van der Waals surface area contributed by atoms with Crippen molar-refractivity contribution in [2.24, 2.45) is 5.92 Å². The summed E-state index contributed by atoms with van der Waals surface area (Å²) in [5.41, 5.74) is 1.90. The number of benzene rings is 2. The molecule has 0 radical (unpaired) electrons. The van der Waals surface area contributed by atoms with Crippen LogP contribution in [-0.2, 0) is 29.1 Å². The summed E-state index contributed by atoms with van der Waals surface area (Å²) in [6.45, 7) is 4.27. The highest BCUT2D eigenvalue weighted by Gasteiger charge is 2.31. The smallest absolute Gasteiger partial charge is 0.243 e. The molecule has 1 atom stereocenters. The largest absolute Gasteiger partial charge is 0.467 e. The van der Waals surface area contributed by atoms with Crippen molar-refractivity contribution in [3.63, 3.8) is 0 Å². The van der Waals surface area contributed by atoms with Crippen LogP contribution in [0, 0.1) is 5.92 Å². The van der Waals surface area contributed by atoms with Crippen LogP contribution in [0.15, 0.2) is 77.4 Å². The molecule has 0 saturated heterocycles. The molecule has 0 spiro atoms. The van der Waals surface area contributed by atoms with Crippen molar-refractivity contribution in [1.82, 2.24) is 10.2 Å². The average Bonchev–Trinajstić information content (AvgIpc) is 3.29. The third-order valence-corrected chi connectivity index (χ3v) is 5.26. The molecular weight excluding hydrogens is 412 g/mol. The molecule has 2 aromatic carbocycles. The molecular formula is C25H27ClN2O3. The van der Waals surface area contributed by atoms with E-state index in [9.17, 15) is 9.59 Å². The maximum Gasteiger partial charge on any atom is 0.243 e. The first-order valence-electron chi connectivity index (χ1n) is 10.3. The Morgan fingerprint density at radius 2 is 1.68 bits per heavy atom. The molecule has 0 aliphatic rings. The van der Waals surface area contributed by atoms with Gasteiger partial charge in [0.2, 0.25) is 11.8 Å². The van der Waals surface area contributed by atoms with Gasteiger partial charge >= 0.3 is 0 Å². The van der Waals surface area contributed by atoms with Crippen LogP contribution in [0.2, 0.25) is 5.02 Å². The van der Waals surface area contributed by atoms with Gasteiger partial charge in [0.1, 0.15) is 11.8 Å².